The highest BCUT2D eigenvalue weighted by Crippen LogP contribution is 2.50. The smallest absolute Gasteiger partial charge is 0.419 e. The van der Waals surface area contributed by atoms with E-state index in [2.05, 4.69) is 10.6 Å². The molecule has 25 heavy (non-hydrogen) atoms. The Balaban J connectivity index is 1.67. The molecule has 2 fully saturated rings. The highest BCUT2D eigenvalue weighted by molar-refractivity contribution is 5.68. The molecule has 4 nitrogen and oxygen atoms in total. The van der Waals surface area contributed by atoms with E-state index in [0.29, 0.717) is 19.4 Å². The van der Waals surface area contributed by atoms with Crippen LogP contribution in [-0.4, -0.2) is 24.7 Å². The van der Waals surface area contributed by atoms with E-state index in [4.69, 9.17) is 4.74 Å². The number of carbonyl (C=O) groups excluding carboxylic acids is 1. The van der Waals surface area contributed by atoms with Crippen molar-refractivity contribution in [2.24, 2.45) is 0 Å². The zero-order valence-electron chi connectivity index (χ0n) is 13.8. The summed E-state index contributed by atoms with van der Waals surface area (Å²) in [6, 6.07) is 2.74. The first-order chi connectivity index (χ1) is 11.6. The lowest BCUT2D eigenvalue weighted by molar-refractivity contribution is -0.140. The Kier molecular flexibility index (Phi) is 4.43. The van der Waals surface area contributed by atoms with Gasteiger partial charge in [-0.15, -0.1) is 0 Å². The predicted molar refractivity (Wildman–Crippen MR) is 82.4 cm³/mol. The summed E-state index contributed by atoms with van der Waals surface area (Å²) in [5.74, 6) is -1.34. The lowest BCUT2D eigenvalue weighted by atomic mass is 10.0. The molecule has 0 spiro atoms. The summed E-state index contributed by atoms with van der Waals surface area (Å²) in [4.78, 5) is 12.1. The molecule has 1 amide bonds. The molecule has 0 radical (unpaired) electrons. The zero-order valence-corrected chi connectivity index (χ0v) is 13.8. The minimum Gasteiger partial charge on any atom is -0.438 e. The molecule has 1 heterocycles. The summed E-state index contributed by atoms with van der Waals surface area (Å²) < 4.78 is 57.4. The Bertz CT molecular complexity index is 665. The van der Waals surface area contributed by atoms with Crippen LogP contribution in [0.1, 0.15) is 43.7 Å². The highest BCUT2D eigenvalue weighted by Gasteiger charge is 2.50. The molecule has 2 N–H and O–H groups in total. The Hall–Kier alpha value is -1.83. The average Bonchev–Trinajstić information content (AvgIpc) is 3.17. The van der Waals surface area contributed by atoms with Gasteiger partial charge in [0.2, 0.25) is 0 Å². The van der Waals surface area contributed by atoms with Gasteiger partial charge in [0.1, 0.15) is 11.4 Å². The van der Waals surface area contributed by atoms with Crippen molar-refractivity contribution in [3.63, 3.8) is 0 Å². The predicted octanol–water partition coefficient (Wildman–Crippen LogP) is 3.70. The molecule has 1 atom stereocenters. The summed E-state index contributed by atoms with van der Waals surface area (Å²) in [5.41, 5.74) is -2.47. The maximum absolute atomic E-state index is 13.4. The second-order valence-electron chi connectivity index (χ2n) is 7.02. The number of carbonyl (C=O) groups is 1. The van der Waals surface area contributed by atoms with Crippen molar-refractivity contribution in [2.75, 3.05) is 13.1 Å². The molecular formula is C17H20F4N2O2. The van der Waals surface area contributed by atoms with Gasteiger partial charge in [0.25, 0.3) is 0 Å². The van der Waals surface area contributed by atoms with Crippen LogP contribution in [0, 0.1) is 5.82 Å². The number of alkyl halides is 3. The van der Waals surface area contributed by atoms with Gasteiger partial charge in [-0.3, -0.25) is 0 Å². The number of hydrogen-bond acceptors (Lipinski definition) is 3. The molecule has 0 unspecified atom stereocenters. The number of hydrogen-bond donors (Lipinski definition) is 2. The number of rotatable bonds is 4. The van der Waals surface area contributed by atoms with Crippen LogP contribution >= 0.6 is 0 Å². The summed E-state index contributed by atoms with van der Waals surface area (Å²) in [5, 5.41) is 5.96. The van der Waals surface area contributed by atoms with Crippen molar-refractivity contribution in [3.8, 4) is 0 Å². The van der Waals surface area contributed by atoms with Crippen LogP contribution in [0.25, 0.3) is 0 Å². The van der Waals surface area contributed by atoms with Gasteiger partial charge in [0.15, 0.2) is 0 Å². The molecule has 2 aliphatic rings. The molecule has 1 aliphatic carbocycles. The van der Waals surface area contributed by atoms with E-state index >= 15 is 0 Å². The van der Waals surface area contributed by atoms with Crippen LogP contribution in [0.2, 0.25) is 0 Å². The van der Waals surface area contributed by atoms with Crippen LogP contribution in [0.3, 0.4) is 0 Å². The van der Waals surface area contributed by atoms with Crippen LogP contribution in [-0.2, 0) is 16.5 Å². The third-order valence-corrected chi connectivity index (χ3v) is 4.87. The second-order valence-corrected chi connectivity index (χ2v) is 7.02. The summed E-state index contributed by atoms with van der Waals surface area (Å²) >= 11 is 0. The minimum absolute atomic E-state index is 0.168. The Labute approximate surface area is 142 Å². The maximum Gasteiger partial charge on any atom is 0.419 e. The van der Waals surface area contributed by atoms with Crippen molar-refractivity contribution in [1.82, 2.24) is 10.6 Å². The van der Waals surface area contributed by atoms with Crippen molar-refractivity contribution >= 4 is 6.09 Å². The first-order valence-corrected chi connectivity index (χ1v) is 8.23. The molecule has 138 valence electrons. The maximum atomic E-state index is 13.4. The van der Waals surface area contributed by atoms with Crippen molar-refractivity contribution in [1.29, 1.82) is 0 Å². The van der Waals surface area contributed by atoms with E-state index in [1.165, 1.54) is 6.07 Å². The first-order valence-electron chi connectivity index (χ1n) is 8.23. The fraction of sp³-hybridized carbons (Fsp3) is 0.588. The van der Waals surface area contributed by atoms with Gasteiger partial charge in [0, 0.05) is 12.1 Å². The second kappa shape index (κ2) is 6.16. The van der Waals surface area contributed by atoms with E-state index < -0.39 is 29.3 Å². The average molecular weight is 360 g/mol. The molecular weight excluding hydrogens is 340 g/mol. The minimum atomic E-state index is -4.79. The van der Waals surface area contributed by atoms with Crippen molar-refractivity contribution < 1.29 is 27.1 Å². The number of alkyl carbamates (subject to hydrolysis) is 1. The molecule has 1 aliphatic heterocycles. The normalized spacial score (nSPS) is 24.8. The topological polar surface area (TPSA) is 50.4 Å². The summed E-state index contributed by atoms with van der Waals surface area (Å²) in [7, 11) is 0. The van der Waals surface area contributed by atoms with Gasteiger partial charge in [-0.05, 0) is 56.8 Å². The Morgan fingerprint density at radius 1 is 1.32 bits per heavy atom. The Morgan fingerprint density at radius 2 is 2.04 bits per heavy atom. The Morgan fingerprint density at radius 3 is 2.60 bits per heavy atom. The third kappa shape index (κ3) is 3.89. The molecule has 0 aromatic heterocycles. The first kappa shape index (κ1) is 18.0. The van der Waals surface area contributed by atoms with Gasteiger partial charge in [-0.25, -0.2) is 9.18 Å². The number of amides is 1. The fourth-order valence-electron chi connectivity index (χ4n) is 3.18. The van der Waals surface area contributed by atoms with Crippen LogP contribution < -0.4 is 10.6 Å². The molecule has 0 bridgehead atoms. The van der Waals surface area contributed by atoms with E-state index in [-0.39, 0.29) is 11.1 Å². The van der Waals surface area contributed by atoms with Gasteiger partial charge in [-0.1, -0.05) is 6.07 Å². The highest BCUT2D eigenvalue weighted by atomic mass is 19.4. The third-order valence-electron chi connectivity index (χ3n) is 4.87. The number of nitrogens with one attached hydrogen (secondary N) is 2. The zero-order chi connectivity index (χ0) is 18.3. The van der Waals surface area contributed by atoms with Gasteiger partial charge >= 0.3 is 12.3 Å². The standard InChI is InChI=1S/C17H20F4N2O2/c1-15(5-2-8-23-15)10-22-14(24)25-16(6-7-16)11-3-4-13(18)12(9-11)17(19,20)21/h3-4,9,23H,2,5-8,10H2,1H3,(H,22,24)/t15-/m1/s1. The van der Waals surface area contributed by atoms with Gasteiger partial charge < -0.3 is 15.4 Å². The van der Waals surface area contributed by atoms with Gasteiger partial charge in [-0.2, -0.15) is 13.2 Å². The molecule has 1 aromatic rings. The number of ether oxygens (including phenoxy) is 1. The van der Waals surface area contributed by atoms with Gasteiger partial charge in [0.05, 0.1) is 5.56 Å². The molecule has 1 saturated heterocycles. The van der Waals surface area contributed by atoms with E-state index in [9.17, 15) is 22.4 Å². The largest absolute Gasteiger partial charge is 0.438 e. The van der Waals surface area contributed by atoms with E-state index in [0.717, 1.165) is 31.5 Å². The fourth-order valence-corrected chi connectivity index (χ4v) is 3.18. The molecule has 3 rings (SSSR count). The number of halogens is 4. The van der Waals surface area contributed by atoms with Crippen LogP contribution in [0.4, 0.5) is 22.4 Å². The van der Waals surface area contributed by atoms with Crippen molar-refractivity contribution in [2.45, 2.75) is 49.9 Å². The van der Waals surface area contributed by atoms with E-state index in [1.807, 2.05) is 6.92 Å². The van der Waals surface area contributed by atoms with Crippen LogP contribution in [0.5, 0.6) is 0 Å². The quantitative estimate of drug-likeness (QED) is 0.805. The lowest BCUT2D eigenvalue weighted by Gasteiger charge is -2.25. The van der Waals surface area contributed by atoms with Crippen molar-refractivity contribution in [3.05, 3.63) is 35.1 Å². The molecule has 1 saturated carbocycles. The molecule has 8 heteroatoms. The SMILES string of the molecule is C[C@]1(CNC(=O)OC2(c3ccc(F)c(C(F)(F)F)c3)CC2)CCCN1. The number of benzene rings is 1. The lowest BCUT2D eigenvalue weighted by Crippen LogP contribution is -2.47. The summed E-state index contributed by atoms with van der Waals surface area (Å²) in [6.07, 6.45) is -2.69. The summed E-state index contributed by atoms with van der Waals surface area (Å²) in [6.45, 7) is 3.24. The monoisotopic (exact) mass is 360 g/mol. The molecule has 1 aromatic carbocycles. The van der Waals surface area contributed by atoms with E-state index in [1.54, 1.807) is 0 Å². The van der Waals surface area contributed by atoms with Crippen LogP contribution in [0.15, 0.2) is 18.2 Å².